The number of carbonyl (C=O) groups excluding carboxylic acids is 1. The average molecular weight is 230 g/mol. The third kappa shape index (κ3) is 2.31. The van der Waals surface area contributed by atoms with Gasteiger partial charge in [-0.15, -0.1) is 0 Å². The van der Waals surface area contributed by atoms with Crippen LogP contribution < -0.4 is 10.6 Å². The van der Waals surface area contributed by atoms with Crippen molar-refractivity contribution in [3.63, 3.8) is 0 Å². The maximum absolute atomic E-state index is 10.6. The van der Waals surface area contributed by atoms with Crippen LogP contribution in [0.1, 0.15) is 5.56 Å². The smallest absolute Gasteiger partial charge is 0.209 e. The molecule has 0 saturated carbocycles. The van der Waals surface area contributed by atoms with Gasteiger partial charge in [0, 0.05) is 26.2 Å². The van der Waals surface area contributed by atoms with Crippen molar-refractivity contribution in [3.8, 4) is 6.07 Å². The number of hydrogen-bond donors (Lipinski definition) is 1. The number of hydrogen-bond acceptors (Lipinski definition) is 4. The molecule has 0 spiro atoms. The zero-order valence-electron chi connectivity index (χ0n) is 9.47. The van der Waals surface area contributed by atoms with E-state index in [0.717, 1.165) is 25.2 Å². The molecule has 0 aromatic heterocycles. The standard InChI is InChI=1S/C12H14N4O/c13-8-10-1-2-11(14)12(7-10)16-5-3-15(9-17)4-6-16/h1-2,7,9H,3-6,14H2. The Kier molecular flexibility index (Phi) is 3.15. The summed E-state index contributed by atoms with van der Waals surface area (Å²) in [6, 6.07) is 7.36. The summed E-state index contributed by atoms with van der Waals surface area (Å²) in [5.41, 5.74) is 8.07. The third-order valence-corrected chi connectivity index (χ3v) is 2.96. The number of nitrogen functional groups attached to an aromatic ring is 1. The molecule has 17 heavy (non-hydrogen) atoms. The van der Waals surface area contributed by atoms with E-state index >= 15 is 0 Å². The van der Waals surface area contributed by atoms with Crippen molar-refractivity contribution in [2.45, 2.75) is 0 Å². The zero-order valence-corrected chi connectivity index (χ0v) is 9.47. The Morgan fingerprint density at radius 1 is 1.29 bits per heavy atom. The molecule has 1 heterocycles. The molecule has 88 valence electrons. The van der Waals surface area contributed by atoms with E-state index in [0.29, 0.717) is 24.3 Å². The monoisotopic (exact) mass is 230 g/mol. The molecule has 2 N–H and O–H groups in total. The maximum Gasteiger partial charge on any atom is 0.209 e. The molecule has 1 aliphatic rings. The van der Waals surface area contributed by atoms with Gasteiger partial charge in [0.05, 0.1) is 23.0 Å². The van der Waals surface area contributed by atoms with Crippen LogP contribution in [0.2, 0.25) is 0 Å². The van der Waals surface area contributed by atoms with Gasteiger partial charge in [-0.3, -0.25) is 4.79 Å². The van der Waals surface area contributed by atoms with Crippen LogP contribution in [-0.2, 0) is 4.79 Å². The highest BCUT2D eigenvalue weighted by Gasteiger charge is 2.17. The second-order valence-electron chi connectivity index (χ2n) is 4.01. The summed E-state index contributed by atoms with van der Waals surface area (Å²) in [6.45, 7) is 2.88. The van der Waals surface area contributed by atoms with E-state index in [2.05, 4.69) is 11.0 Å². The van der Waals surface area contributed by atoms with Crippen molar-refractivity contribution in [1.82, 2.24) is 4.90 Å². The topological polar surface area (TPSA) is 73.4 Å². The van der Waals surface area contributed by atoms with Gasteiger partial charge < -0.3 is 15.5 Å². The highest BCUT2D eigenvalue weighted by atomic mass is 16.1. The molecule has 0 atom stereocenters. The highest BCUT2D eigenvalue weighted by molar-refractivity contribution is 5.70. The fourth-order valence-electron chi connectivity index (χ4n) is 1.96. The lowest BCUT2D eigenvalue weighted by Gasteiger charge is -2.34. The van der Waals surface area contributed by atoms with Gasteiger partial charge in [-0.25, -0.2) is 0 Å². The molecular formula is C12H14N4O. The number of amides is 1. The minimum Gasteiger partial charge on any atom is -0.397 e. The summed E-state index contributed by atoms with van der Waals surface area (Å²) in [7, 11) is 0. The van der Waals surface area contributed by atoms with E-state index in [9.17, 15) is 4.79 Å². The Morgan fingerprint density at radius 3 is 2.59 bits per heavy atom. The summed E-state index contributed by atoms with van der Waals surface area (Å²) in [4.78, 5) is 14.5. The summed E-state index contributed by atoms with van der Waals surface area (Å²) >= 11 is 0. The Bertz CT molecular complexity index is 458. The van der Waals surface area contributed by atoms with E-state index in [1.165, 1.54) is 0 Å². The number of carbonyl (C=O) groups is 1. The van der Waals surface area contributed by atoms with Crippen molar-refractivity contribution in [2.24, 2.45) is 0 Å². The second kappa shape index (κ2) is 4.74. The maximum atomic E-state index is 10.6. The minimum atomic E-state index is 0.604. The minimum absolute atomic E-state index is 0.604. The van der Waals surface area contributed by atoms with Crippen LogP contribution in [0.15, 0.2) is 18.2 Å². The largest absolute Gasteiger partial charge is 0.397 e. The Morgan fingerprint density at radius 2 is 2.00 bits per heavy atom. The van der Waals surface area contributed by atoms with Crippen LogP contribution in [-0.4, -0.2) is 37.5 Å². The molecule has 1 aromatic rings. The van der Waals surface area contributed by atoms with Crippen molar-refractivity contribution in [1.29, 1.82) is 5.26 Å². The molecule has 0 aliphatic carbocycles. The molecule has 2 rings (SSSR count). The molecule has 0 unspecified atom stereocenters. The predicted octanol–water partition coefficient (Wildman–Crippen LogP) is 0.419. The van der Waals surface area contributed by atoms with Crippen LogP contribution in [0.5, 0.6) is 0 Å². The van der Waals surface area contributed by atoms with Crippen LogP contribution in [0, 0.1) is 11.3 Å². The molecule has 1 aromatic carbocycles. The first kappa shape index (κ1) is 11.3. The molecule has 5 nitrogen and oxygen atoms in total. The second-order valence-corrected chi connectivity index (χ2v) is 4.01. The molecule has 0 radical (unpaired) electrons. The lowest BCUT2D eigenvalue weighted by molar-refractivity contribution is -0.118. The van der Waals surface area contributed by atoms with Crippen LogP contribution in [0.25, 0.3) is 0 Å². The van der Waals surface area contributed by atoms with Gasteiger partial charge in [-0.2, -0.15) is 5.26 Å². The van der Waals surface area contributed by atoms with Crippen molar-refractivity contribution < 1.29 is 4.79 Å². The molecular weight excluding hydrogens is 216 g/mol. The van der Waals surface area contributed by atoms with Crippen molar-refractivity contribution >= 4 is 17.8 Å². The first-order valence-electron chi connectivity index (χ1n) is 5.48. The Balaban J connectivity index is 2.18. The normalized spacial score (nSPS) is 15.5. The first-order valence-corrected chi connectivity index (χ1v) is 5.48. The van der Waals surface area contributed by atoms with Gasteiger partial charge in [0.15, 0.2) is 0 Å². The van der Waals surface area contributed by atoms with E-state index in [-0.39, 0.29) is 0 Å². The van der Waals surface area contributed by atoms with E-state index in [1.807, 2.05) is 0 Å². The lowest BCUT2D eigenvalue weighted by atomic mass is 10.1. The highest BCUT2D eigenvalue weighted by Crippen LogP contribution is 2.25. The third-order valence-electron chi connectivity index (χ3n) is 2.96. The lowest BCUT2D eigenvalue weighted by Crippen LogP contribution is -2.45. The van der Waals surface area contributed by atoms with Crippen LogP contribution in [0.3, 0.4) is 0 Å². The first-order chi connectivity index (χ1) is 8.24. The molecule has 1 amide bonds. The van der Waals surface area contributed by atoms with Crippen molar-refractivity contribution in [3.05, 3.63) is 23.8 Å². The van der Waals surface area contributed by atoms with Gasteiger partial charge in [0.2, 0.25) is 6.41 Å². The number of nitrogens with zero attached hydrogens (tertiary/aromatic N) is 3. The van der Waals surface area contributed by atoms with E-state index < -0.39 is 0 Å². The molecule has 5 heteroatoms. The number of benzene rings is 1. The molecule has 0 bridgehead atoms. The van der Waals surface area contributed by atoms with Gasteiger partial charge in [0.25, 0.3) is 0 Å². The fourth-order valence-corrected chi connectivity index (χ4v) is 1.96. The Hall–Kier alpha value is -2.22. The average Bonchev–Trinajstić information content (AvgIpc) is 2.39. The summed E-state index contributed by atoms with van der Waals surface area (Å²) in [6.07, 6.45) is 0.867. The Labute approximate surface area is 100 Å². The van der Waals surface area contributed by atoms with Crippen LogP contribution in [0.4, 0.5) is 11.4 Å². The molecule has 1 fully saturated rings. The number of nitriles is 1. The van der Waals surface area contributed by atoms with Gasteiger partial charge >= 0.3 is 0 Å². The van der Waals surface area contributed by atoms with E-state index in [1.54, 1.807) is 23.1 Å². The van der Waals surface area contributed by atoms with E-state index in [4.69, 9.17) is 11.0 Å². The summed E-state index contributed by atoms with van der Waals surface area (Å²) < 4.78 is 0. The number of nitrogens with two attached hydrogens (primary N) is 1. The van der Waals surface area contributed by atoms with Crippen molar-refractivity contribution in [2.75, 3.05) is 36.8 Å². The number of anilines is 2. The zero-order chi connectivity index (χ0) is 12.3. The molecule has 1 aliphatic heterocycles. The predicted molar refractivity (Wildman–Crippen MR) is 65.4 cm³/mol. The summed E-state index contributed by atoms with van der Waals surface area (Å²) in [5.74, 6) is 0. The molecule has 1 saturated heterocycles. The van der Waals surface area contributed by atoms with Gasteiger partial charge in [0.1, 0.15) is 0 Å². The fraction of sp³-hybridized carbons (Fsp3) is 0.333. The van der Waals surface area contributed by atoms with Gasteiger partial charge in [-0.1, -0.05) is 0 Å². The quantitative estimate of drug-likeness (QED) is 0.590. The number of piperazine rings is 1. The summed E-state index contributed by atoms with van der Waals surface area (Å²) in [5, 5.41) is 8.87. The SMILES string of the molecule is N#Cc1ccc(N)c(N2CCN(C=O)CC2)c1. The van der Waals surface area contributed by atoms with Gasteiger partial charge in [-0.05, 0) is 18.2 Å². The van der Waals surface area contributed by atoms with Crippen LogP contribution >= 0.6 is 0 Å². The number of rotatable bonds is 2.